The number of benzene rings is 1. The predicted molar refractivity (Wildman–Crippen MR) is 77.3 cm³/mol. The zero-order chi connectivity index (χ0) is 13.1. The van der Waals surface area contributed by atoms with E-state index < -0.39 is 0 Å². The van der Waals surface area contributed by atoms with Gasteiger partial charge < -0.3 is 10.1 Å². The van der Waals surface area contributed by atoms with Crippen LogP contribution in [0.4, 0.5) is 5.69 Å². The second-order valence-electron chi connectivity index (χ2n) is 5.73. The summed E-state index contributed by atoms with van der Waals surface area (Å²) in [5.74, 6) is 2.70. The van der Waals surface area contributed by atoms with Gasteiger partial charge in [-0.25, -0.2) is 0 Å². The van der Waals surface area contributed by atoms with E-state index in [1.807, 2.05) is 6.92 Å². The number of nitrogens with one attached hydrogen (secondary N) is 1. The van der Waals surface area contributed by atoms with E-state index in [0.717, 1.165) is 24.2 Å². The molecule has 1 N–H and O–H groups in total. The average molecular weight is 247 g/mol. The van der Waals surface area contributed by atoms with Crippen molar-refractivity contribution in [3.05, 3.63) is 23.8 Å². The first-order valence-corrected chi connectivity index (χ1v) is 7.10. The molecule has 2 nitrogen and oxygen atoms in total. The highest BCUT2D eigenvalue weighted by Crippen LogP contribution is 2.36. The van der Waals surface area contributed by atoms with E-state index in [1.54, 1.807) is 0 Å². The van der Waals surface area contributed by atoms with Crippen LogP contribution in [0.5, 0.6) is 5.75 Å². The van der Waals surface area contributed by atoms with E-state index in [9.17, 15) is 0 Å². The molecule has 0 unspecified atom stereocenters. The average Bonchev–Trinajstić information content (AvgIpc) is 2.25. The molecule has 0 spiro atoms. The van der Waals surface area contributed by atoms with Crippen LogP contribution in [0.1, 0.15) is 39.2 Å². The molecule has 0 heterocycles. The number of rotatable bonds is 5. The summed E-state index contributed by atoms with van der Waals surface area (Å²) in [5, 5.41) is 3.65. The van der Waals surface area contributed by atoms with E-state index in [1.165, 1.54) is 24.1 Å². The Morgan fingerprint density at radius 2 is 2.06 bits per heavy atom. The third kappa shape index (κ3) is 2.98. The zero-order valence-electron chi connectivity index (χ0n) is 12.0. The van der Waals surface area contributed by atoms with Gasteiger partial charge in [-0.3, -0.25) is 0 Å². The Bertz CT molecular complexity index is 394. The third-order valence-corrected chi connectivity index (χ3v) is 3.99. The number of ether oxygens (including phenoxy) is 1. The highest BCUT2D eigenvalue weighted by atomic mass is 16.5. The molecule has 1 saturated carbocycles. The van der Waals surface area contributed by atoms with Crippen LogP contribution in [-0.4, -0.2) is 12.6 Å². The standard InChI is InChI=1S/C16H25NO/c1-5-18-15-6-7-16(12(4)8-15)17-14-9-13(10-14)11(2)3/h6-8,11,13-14,17H,5,9-10H2,1-4H3. The molecule has 100 valence electrons. The minimum Gasteiger partial charge on any atom is -0.494 e. The molecule has 2 rings (SSSR count). The quantitative estimate of drug-likeness (QED) is 0.840. The molecule has 1 aromatic carbocycles. The number of anilines is 1. The lowest BCUT2D eigenvalue weighted by atomic mass is 9.73. The fourth-order valence-corrected chi connectivity index (χ4v) is 2.60. The first-order chi connectivity index (χ1) is 8.60. The van der Waals surface area contributed by atoms with Crippen molar-refractivity contribution in [3.63, 3.8) is 0 Å². The van der Waals surface area contributed by atoms with Crippen LogP contribution in [0, 0.1) is 18.8 Å². The molecular formula is C16H25NO. The Morgan fingerprint density at radius 1 is 1.33 bits per heavy atom. The van der Waals surface area contributed by atoms with Gasteiger partial charge in [0.2, 0.25) is 0 Å². The number of hydrogen-bond donors (Lipinski definition) is 1. The van der Waals surface area contributed by atoms with Gasteiger partial charge in [0.1, 0.15) is 5.75 Å². The maximum absolute atomic E-state index is 5.51. The van der Waals surface area contributed by atoms with Crippen molar-refractivity contribution in [1.29, 1.82) is 0 Å². The molecule has 1 aliphatic rings. The van der Waals surface area contributed by atoms with Gasteiger partial charge in [-0.1, -0.05) is 13.8 Å². The highest BCUT2D eigenvalue weighted by molar-refractivity contribution is 5.54. The Labute approximate surface area is 111 Å². The van der Waals surface area contributed by atoms with E-state index in [4.69, 9.17) is 4.74 Å². The highest BCUT2D eigenvalue weighted by Gasteiger charge is 2.31. The van der Waals surface area contributed by atoms with Crippen molar-refractivity contribution in [1.82, 2.24) is 0 Å². The lowest BCUT2D eigenvalue weighted by Crippen LogP contribution is -2.38. The lowest BCUT2D eigenvalue weighted by molar-refractivity contribution is 0.212. The van der Waals surface area contributed by atoms with Crippen LogP contribution >= 0.6 is 0 Å². The van der Waals surface area contributed by atoms with Gasteiger partial charge >= 0.3 is 0 Å². The van der Waals surface area contributed by atoms with E-state index >= 15 is 0 Å². The minimum atomic E-state index is 0.661. The van der Waals surface area contributed by atoms with Crippen LogP contribution in [0.3, 0.4) is 0 Å². The summed E-state index contributed by atoms with van der Waals surface area (Å²) in [7, 11) is 0. The van der Waals surface area contributed by atoms with Crippen LogP contribution in [-0.2, 0) is 0 Å². The van der Waals surface area contributed by atoms with Gasteiger partial charge in [0, 0.05) is 11.7 Å². The largest absolute Gasteiger partial charge is 0.494 e. The maximum atomic E-state index is 5.51. The monoisotopic (exact) mass is 247 g/mol. The maximum Gasteiger partial charge on any atom is 0.119 e. The fourth-order valence-electron chi connectivity index (χ4n) is 2.60. The number of hydrogen-bond acceptors (Lipinski definition) is 2. The molecule has 0 aliphatic heterocycles. The normalized spacial score (nSPS) is 22.7. The van der Waals surface area contributed by atoms with Gasteiger partial charge in [0.05, 0.1) is 6.61 Å². The van der Waals surface area contributed by atoms with Crippen molar-refractivity contribution in [3.8, 4) is 5.75 Å². The molecule has 0 bridgehead atoms. The third-order valence-electron chi connectivity index (χ3n) is 3.99. The second-order valence-corrected chi connectivity index (χ2v) is 5.73. The van der Waals surface area contributed by atoms with Crippen molar-refractivity contribution < 1.29 is 4.74 Å². The van der Waals surface area contributed by atoms with E-state index in [-0.39, 0.29) is 0 Å². The predicted octanol–water partition coefficient (Wildman–Crippen LogP) is 4.24. The Hall–Kier alpha value is -1.18. The summed E-state index contributed by atoms with van der Waals surface area (Å²) in [4.78, 5) is 0. The van der Waals surface area contributed by atoms with Crippen LogP contribution in [0.25, 0.3) is 0 Å². The molecule has 0 aromatic heterocycles. The molecule has 1 fully saturated rings. The van der Waals surface area contributed by atoms with Crippen molar-refractivity contribution in [2.24, 2.45) is 11.8 Å². The molecule has 0 amide bonds. The summed E-state index contributed by atoms with van der Waals surface area (Å²) >= 11 is 0. The van der Waals surface area contributed by atoms with Crippen LogP contribution < -0.4 is 10.1 Å². The zero-order valence-corrected chi connectivity index (χ0v) is 12.0. The smallest absolute Gasteiger partial charge is 0.119 e. The van der Waals surface area contributed by atoms with Gasteiger partial charge in [-0.2, -0.15) is 0 Å². The Balaban J connectivity index is 1.91. The summed E-state index contributed by atoms with van der Waals surface area (Å²) in [6.07, 6.45) is 2.62. The van der Waals surface area contributed by atoms with Gasteiger partial charge in [0.15, 0.2) is 0 Å². The van der Waals surface area contributed by atoms with Crippen LogP contribution in [0.15, 0.2) is 18.2 Å². The molecule has 18 heavy (non-hydrogen) atoms. The molecular weight excluding hydrogens is 222 g/mol. The molecule has 0 radical (unpaired) electrons. The lowest BCUT2D eigenvalue weighted by Gasteiger charge is -2.39. The second kappa shape index (κ2) is 5.64. The molecule has 1 aliphatic carbocycles. The van der Waals surface area contributed by atoms with Gasteiger partial charge in [0.25, 0.3) is 0 Å². The molecule has 2 heteroatoms. The minimum absolute atomic E-state index is 0.661. The molecule has 1 aromatic rings. The summed E-state index contributed by atoms with van der Waals surface area (Å²) in [6.45, 7) is 9.53. The Kier molecular flexibility index (Phi) is 4.15. The summed E-state index contributed by atoms with van der Waals surface area (Å²) < 4.78 is 5.51. The van der Waals surface area contributed by atoms with Crippen LogP contribution in [0.2, 0.25) is 0 Å². The summed E-state index contributed by atoms with van der Waals surface area (Å²) in [5.41, 5.74) is 2.53. The fraction of sp³-hybridized carbons (Fsp3) is 0.625. The first-order valence-electron chi connectivity index (χ1n) is 7.10. The molecule has 0 atom stereocenters. The Morgan fingerprint density at radius 3 is 2.61 bits per heavy atom. The SMILES string of the molecule is CCOc1ccc(NC2CC(C(C)C)C2)c(C)c1. The van der Waals surface area contributed by atoms with Crippen molar-refractivity contribution in [2.45, 2.75) is 46.6 Å². The van der Waals surface area contributed by atoms with Crippen molar-refractivity contribution >= 4 is 5.69 Å². The summed E-state index contributed by atoms with van der Waals surface area (Å²) in [6, 6.07) is 6.97. The van der Waals surface area contributed by atoms with Gasteiger partial charge in [-0.15, -0.1) is 0 Å². The molecule has 0 saturated heterocycles. The van der Waals surface area contributed by atoms with Crippen molar-refractivity contribution in [2.75, 3.05) is 11.9 Å². The van der Waals surface area contributed by atoms with Gasteiger partial charge in [-0.05, 0) is 62.3 Å². The van der Waals surface area contributed by atoms with E-state index in [0.29, 0.717) is 6.04 Å². The van der Waals surface area contributed by atoms with E-state index in [2.05, 4.69) is 44.3 Å². The topological polar surface area (TPSA) is 21.3 Å². The first kappa shape index (κ1) is 13.3. The number of aryl methyl sites for hydroxylation is 1.